The molecule has 0 radical (unpaired) electrons. The zero-order valence-corrected chi connectivity index (χ0v) is 9.96. The zero-order chi connectivity index (χ0) is 11.5. The number of aromatic nitrogens is 1. The predicted octanol–water partition coefficient (Wildman–Crippen LogP) is 3.21. The van der Waals surface area contributed by atoms with Gasteiger partial charge in [0.05, 0.1) is 5.56 Å². The van der Waals surface area contributed by atoms with Crippen molar-refractivity contribution in [2.75, 3.05) is 5.32 Å². The van der Waals surface area contributed by atoms with Gasteiger partial charge in [0.25, 0.3) is 0 Å². The molecule has 2 rings (SSSR count). The maximum atomic E-state index is 8.85. The molecule has 16 heavy (non-hydrogen) atoms. The van der Waals surface area contributed by atoms with Crippen LogP contribution >= 0.6 is 11.6 Å². The molecule has 0 aliphatic heterocycles. The van der Waals surface area contributed by atoms with Gasteiger partial charge in [-0.1, -0.05) is 18.0 Å². The number of nitrogens with zero attached hydrogens (tertiary/aromatic N) is 2. The van der Waals surface area contributed by atoms with E-state index in [9.17, 15) is 0 Å². The first-order chi connectivity index (χ1) is 7.72. The summed E-state index contributed by atoms with van der Waals surface area (Å²) in [6.07, 6.45) is 5.46. The SMILES string of the molecule is CC(Nc1nccc(C#N)c1Cl)C1CCC1. The molecule has 0 bridgehead atoms. The first-order valence-corrected chi connectivity index (χ1v) is 5.91. The van der Waals surface area contributed by atoms with E-state index in [1.807, 2.05) is 0 Å². The van der Waals surface area contributed by atoms with E-state index >= 15 is 0 Å². The third-order valence-electron chi connectivity index (χ3n) is 3.23. The van der Waals surface area contributed by atoms with Crippen molar-refractivity contribution in [1.29, 1.82) is 5.26 Å². The normalized spacial score (nSPS) is 17.3. The largest absolute Gasteiger partial charge is 0.366 e. The molecule has 1 aromatic heterocycles. The molecule has 0 spiro atoms. The number of rotatable bonds is 3. The van der Waals surface area contributed by atoms with Gasteiger partial charge in [0.1, 0.15) is 16.9 Å². The van der Waals surface area contributed by atoms with Crippen LogP contribution in [0.2, 0.25) is 5.02 Å². The molecule has 1 saturated carbocycles. The maximum absolute atomic E-state index is 8.85. The average molecular weight is 236 g/mol. The lowest BCUT2D eigenvalue weighted by atomic mass is 9.80. The number of pyridine rings is 1. The Kier molecular flexibility index (Phi) is 3.31. The van der Waals surface area contributed by atoms with Crippen molar-refractivity contribution in [1.82, 2.24) is 4.98 Å². The van der Waals surface area contributed by atoms with Crippen LogP contribution in [0.1, 0.15) is 31.7 Å². The Morgan fingerprint density at radius 2 is 2.38 bits per heavy atom. The summed E-state index contributed by atoms with van der Waals surface area (Å²) in [6.45, 7) is 2.14. The second-order valence-corrected chi connectivity index (χ2v) is 4.63. The van der Waals surface area contributed by atoms with Crippen molar-refractivity contribution in [3.05, 3.63) is 22.8 Å². The Bertz CT molecular complexity index is 421. The summed E-state index contributed by atoms with van der Waals surface area (Å²) in [4.78, 5) is 4.17. The van der Waals surface area contributed by atoms with E-state index in [0.29, 0.717) is 28.4 Å². The molecular formula is C12H14ClN3. The van der Waals surface area contributed by atoms with Gasteiger partial charge in [-0.15, -0.1) is 0 Å². The highest BCUT2D eigenvalue weighted by Gasteiger charge is 2.24. The van der Waals surface area contributed by atoms with E-state index in [-0.39, 0.29) is 0 Å². The number of nitrogens with one attached hydrogen (secondary N) is 1. The van der Waals surface area contributed by atoms with Crippen LogP contribution in [-0.4, -0.2) is 11.0 Å². The first-order valence-electron chi connectivity index (χ1n) is 5.53. The Labute approximate surface area is 100 Å². The molecule has 1 atom stereocenters. The molecule has 84 valence electrons. The number of halogens is 1. The Balaban J connectivity index is 2.12. The molecule has 4 heteroatoms. The molecule has 0 amide bonds. The zero-order valence-electron chi connectivity index (χ0n) is 9.20. The second kappa shape index (κ2) is 4.71. The summed E-state index contributed by atoms with van der Waals surface area (Å²) in [5.74, 6) is 1.34. The molecule has 1 aromatic rings. The summed E-state index contributed by atoms with van der Waals surface area (Å²) in [5, 5.41) is 12.6. The number of hydrogen-bond acceptors (Lipinski definition) is 3. The monoisotopic (exact) mass is 235 g/mol. The van der Waals surface area contributed by atoms with Crippen LogP contribution < -0.4 is 5.32 Å². The van der Waals surface area contributed by atoms with E-state index in [0.717, 1.165) is 0 Å². The summed E-state index contributed by atoms with van der Waals surface area (Å²) < 4.78 is 0. The fraction of sp³-hybridized carbons (Fsp3) is 0.500. The van der Waals surface area contributed by atoms with Gasteiger partial charge in [-0.2, -0.15) is 5.26 Å². The fourth-order valence-corrected chi connectivity index (χ4v) is 2.11. The molecule has 3 nitrogen and oxygen atoms in total. The highest BCUT2D eigenvalue weighted by atomic mass is 35.5. The van der Waals surface area contributed by atoms with Crippen LogP contribution in [0, 0.1) is 17.2 Å². The van der Waals surface area contributed by atoms with Crippen molar-refractivity contribution < 1.29 is 0 Å². The van der Waals surface area contributed by atoms with E-state index in [2.05, 4.69) is 23.3 Å². The summed E-state index contributed by atoms with van der Waals surface area (Å²) in [5.41, 5.74) is 0.472. The minimum atomic E-state index is 0.368. The minimum absolute atomic E-state index is 0.368. The van der Waals surface area contributed by atoms with Crippen LogP contribution in [0.15, 0.2) is 12.3 Å². The summed E-state index contributed by atoms with van der Waals surface area (Å²) in [6, 6.07) is 4.05. The summed E-state index contributed by atoms with van der Waals surface area (Å²) >= 11 is 6.07. The molecule has 1 fully saturated rings. The van der Waals surface area contributed by atoms with Crippen molar-refractivity contribution >= 4 is 17.4 Å². The van der Waals surface area contributed by atoms with Crippen LogP contribution in [0.25, 0.3) is 0 Å². The van der Waals surface area contributed by atoms with Crippen LogP contribution in [-0.2, 0) is 0 Å². The van der Waals surface area contributed by atoms with Crippen molar-refractivity contribution in [2.45, 2.75) is 32.2 Å². The lowest BCUT2D eigenvalue weighted by molar-refractivity contribution is 0.285. The Morgan fingerprint density at radius 1 is 1.62 bits per heavy atom. The lowest BCUT2D eigenvalue weighted by Crippen LogP contribution is -2.31. The lowest BCUT2D eigenvalue weighted by Gasteiger charge is -2.32. The molecule has 1 heterocycles. The van der Waals surface area contributed by atoms with Crippen LogP contribution in [0.5, 0.6) is 0 Å². The fourth-order valence-electron chi connectivity index (χ4n) is 1.90. The van der Waals surface area contributed by atoms with E-state index < -0.39 is 0 Å². The standard InChI is InChI=1S/C12H14ClN3/c1-8(9-3-2-4-9)16-12-11(13)10(7-14)5-6-15-12/h5-6,8-9H,2-4H2,1H3,(H,15,16). The topological polar surface area (TPSA) is 48.7 Å². The molecular weight excluding hydrogens is 222 g/mol. The molecule has 1 aliphatic carbocycles. The summed E-state index contributed by atoms with van der Waals surface area (Å²) in [7, 11) is 0. The number of nitriles is 1. The quantitative estimate of drug-likeness (QED) is 0.875. The van der Waals surface area contributed by atoms with E-state index in [1.165, 1.54) is 19.3 Å². The highest BCUT2D eigenvalue weighted by molar-refractivity contribution is 6.34. The van der Waals surface area contributed by atoms with Gasteiger partial charge in [0.15, 0.2) is 0 Å². The first kappa shape index (κ1) is 11.2. The van der Waals surface area contributed by atoms with Crippen molar-refractivity contribution in [2.24, 2.45) is 5.92 Å². The smallest absolute Gasteiger partial charge is 0.146 e. The minimum Gasteiger partial charge on any atom is -0.366 e. The predicted molar refractivity (Wildman–Crippen MR) is 64.4 cm³/mol. The van der Waals surface area contributed by atoms with Crippen LogP contribution in [0.4, 0.5) is 5.82 Å². The molecule has 1 unspecified atom stereocenters. The van der Waals surface area contributed by atoms with Crippen molar-refractivity contribution in [3.63, 3.8) is 0 Å². The maximum Gasteiger partial charge on any atom is 0.146 e. The average Bonchev–Trinajstić information content (AvgIpc) is 2.18. The molecule has 0 aromatic carbocycles. The number of hydrogen-bond donors (Lipinski definition) is 1. The van der Waals surface area contributed by atoms with Crippen molar-refractivity contribution in [3.8, 4) is 6.07 Å². The van der Waals surface area contributed by atoms with Gasteiger partial charge in [0, 0.05) is 12.2 Å². The van der Waals surface area contributed by atoms with Gasteiger partial charge >= 0.3 is 0 Å². The van der Waals surface area contributed by atoms with Gasteiger partial charge < -0.3 is 5.32 Å². The molecule has 0 saturated heterocycles. The van der Waals surface area contributed by atoms with Gasteiger partial charge in [-0.25, -0.2) is 4.98 Å². The Hall–Kier alpha value is -1.27. The third kappa shape index (κ3) is 2.12. The van der Waals surface area contributed by atoms with E-state index in [1.54, 1.807) is 12.3 Å². The van der Waals surface area contributed by atoms with Gasteiger partial charge in [-0.3, -0.25) is 0 Å². The van der Waals surface area contributed by atoms with E-state index in [4.69, 9.17) is 16.9 Å². The van der Waals surface area contributed by atoms with Gasteiger partial charge in [-0.05, 0) is 31.7 Å². The molecule has 1 aliphatic rings. The van der Waals surface area contributed by atoms with Crippen LogP contribution in [0.3, 0.4) is 0 Å². The highest BCUT2D eigenvalue weighted by Crippen LogP contribution is 2.32. The number of anilines is 1. The molecule has 1 N–H and O–H groups in total. The second-order valence-electron chi connectivity index (χ2n) is 4.26. The third-order valence-corrected chi connectivity index (χ3v) is 3.61. The van der Waals surface area contributed by atoms with Gasteiger partial charge in [0.2, 0.25) is 0 Å². The Morgan fingerprint density at radius 3 is 2.94 bits per heavy atom.